The second-order valence-electron chi connectivity index (χ2n) is 10.1. The first kappa shape index (κ1) is 28.0. The van der Waals surface area contributed by atoms with Gasteiger partial charge in [-0.3, -0.25) is 28.9 Å². The maximum atomic E-state index is 13.0. The molecule has 10 heteroatoms. The van der Waals surface area contributed by atoms with E-state index in [0.717, 1.165) is 5.56 Å². The van der Waals surface area contributed by atoms with E-state index in [1.807, 2.05) is 13.8 Å². The molecule has 1 aromatic carbocycles. The second kappa shape index (κ2) is 12.6. The van der Waals surface area contributed by atoms with Crippen LogP contribution in [-0.2, 0) is 30.6 Å². The molecule has 0 saturated heterocycles. The Bertz CT molecular complexity index is 1030. The fourth-order valence-corrected chi connectivity index (χ4v) is 4.60. The average Bonchev–Trinajstić information content (AvgIpc) is 3.19. The summed E-state index contributed by atoms with van der Waals surface area (Å²) >= 11 is 0. The van der Waals surface area contributed by atoms with Crippen molar-refractivity contribution in [1.29, 1.82) is 0 Å². The molecule has 1 aromatic rings. The van der Waals surface area contributed by atoms with Crippen LogP contribution in [0.2, 0.25) is 0 Å². The number of nitrogens with zero attached hydrogens (tertiary/aromatic N) is 1. The van der Waals surface area contributed by atoms with Gasteiger partial charge in [0.25, 0.3) is 11.8 Å². The molecule has 200 valence electrons. The molecule has 4 N–H and O–H groups in total. The predicted octanol–water partition coefficient (Wildman–Crippen LogP) is 1.49. The van der Waals surface area contributed by atoms with Gasteiger partial charge in [0.2, 0.25) is 17.7 Å². The van der Waals surface area contributed by atoms with Crippen molar-refractivity contribution in [1.82, 2.24) is 15.5 Å². The number of nitrogens with one attached hydrogen (secondary N) is 3. The highest BCUT2D eigenvalue weighted by Crippen LogP contribution is 2.30. The number of amides is 5. The Hall–Kier alpha value is -3.53. The monoisotopic (exact) mass is 512 g/mol. The molecule has 2 aliphatic rings. The molecule has 0 unspecified atom stereocenters. The van der Waals surface area contributed by atoms with E-state index >= 15 is 0 Å². The first-order chi connectivity index (χ1) is 17.6. The quantitative estimate of drug-likeness (QED) is 0.350. The van der Waals surface area contributed by atoms with Crippen molar-refractivity contribution < 1.29 is 29.1 Å². The molecule has 2 atom stereocenters. The van der Waals surface area contributed by atoms with Crippen LogP contribution in [0.15, 0.2) is 36.4 Å². The van der Waals surface area contributed by atoms with Crippen molar-refractivity contribution in [3.63, 3.8) is 0 Å². The molecule has 3 rings (SSSR count). The zero-order chi connectivity index (χ0) is 27.1. The van der Waals surface area contributed by atoms with Gasteiger partial charge in [-0.2, -0.15) is 0 Å². The molecule has 1 fully saturated rings. The smallest absolute Gasteiger partial charge is 0.253 e. The summed E-state index contributed by atoms with van der Waals surface area (Å²) in [4.78, 5) is 63.3. The van der Waals surface area contributed by atoms with E-state index in [0.29, 0.717) is 37.9 Å². The van der Waals surface area contributed by atoms with Gasteiger partial charge >= 0.3 is 0 Å². The van der Waals surface area contributed by atoms with Crippen LogP contribution in [0.4, 0.5) is 5.69 Å². The Morgan fingerprint density at radius 1 is 0.919 bits per heavy atom. The molecule has 1 aliphatic carbocycles. The third kappa shape index (κ3) is 7.48. The standard InChI is InChI=1S/C27H36N4O6/c1-16(2)24(27(37)28-17(3)25(35)29-21-10-6-19(15-32)7-11-21)30-26(36)20-8-4-18(5-9-20)14-31-22(33)12-13-23(31)34/h6-7,10-13,16-18,20,24,32H,4-5,8-9,14-15H2,1-3H3,(H,28,37)(H,29,35)(H,30,36)/t17-,18?,20?,24-/m0/s1. The van der Waals surface area contributed by atoms with Crippen molar-refractivity contribution in [3.8, 4) is 0 Å². The molecule has 0 aromatic heterocycles. The third-order valence-electron chi connectivity index (χ3n) is 6.96. The van der Waals surface area contributed by atoms with Gasteiger partial charge in [-0.15, -0.1) is 0 Å². The molecule has 5 amide bonds. The van der Waals surface area contributed by atoms with Crippen molar-refractivity contribution in [3.05, 3.63) is 42.0 Å². The molecular formula is C27H36N4O6. The van der Waals surface area contributed by atoms with Crippen LogP contribution >= 0.6 is 0 Å². The maximum absolute atomic E-state index is 13.0. The molecule has 1 aliphatic heterocycles. The molecule has 1 saturated carbocycles. The summed E-state index contributed by atoms with van der Waals surface area (Å²) in [5.74, 6) is -1.92. The van der Waals surface area contributed by atoms with E-state index in [1.165, 1.54) is 17.1 Å². The van der Waals surface area contributed by atoms with E-state index in [4.69, 9.17) is 5.11 Å². The second-order valence-corrected chi connectivity index (χ2v) is 10.1. The molecule has 37 heavy (non-hydrogen) atoms. The molecule has 10 nitrogen and oxygen atoms in total. The summed E-state index contributed by atoms with van der Waals surface area (Å²) in [6, 6.07) is 5.10. The number of aliphatic hydroxyl groups excluding tert-OH is 1. The minimum absolute atomic E-state index is 0.0945. The fourth-order valence-electron chi connectivity index (χ4n) is 4.60. The van der Waals surface area contributed by atoms with Gasteiger partial charge < -0.3 is 21.1 Å². The van der Waals surface area contributed by atoms with Gasteiger partial charge in [-0.05, 0) is 62.1 Å². The normalized spacial score (nSPS) is 21.1. The van der Waals surface area contributed by atoms with Gasteiger partial charge in [0.05, 0.1) is 6.61 Å². The number of carbonyl (C=O) groups is 5. The van der Waals surface area contributed by atoms with Crippen molar-refractivity contribution in [2.45, 2.75) is 65.1 Å². The number of anilines is 1. The van der Waals surface area contributed by atoms with Crippen molar-refractivity contribution in [2.24, 2.45) is 17.8 Å². The molecule has 1 heterocycles. The number of carbonyl (C=O) groups excluding carboxylic acids is 5. The zero-order valence-corrected chi connectivity index (χ0v) is 21.5. The van der Waals surface area contributed by atoms with Crippen LogP contribution in [0.5, 0.6) is 0 Å². The molecule has 0 radical (unpaired) electrons. The van der Waals surface area contributed by atoms with Gasteiger partial charge in [0.15, 0.2) is 0 Å². The number of aliphatic hydroxyl groups is 1. The number of hydrogen-bond donors (Lipinski definition) is 4. The Morgan fingerprint density at radius 2 is 1.51 bits per heavy atom. The first-order valence-electron chi connectivity index (χ1n) is 12.7. The lowest BCUT2D eigenvalue weighted by Crippen LogP contribution is -2.54. The maximum Gasteiger partial charge on any atom is 0.253 e. The molecule has 0 bridgehead atoms. The highest BCUT2D eigenvalue weighted by molar-refractivity contribution is 6.12. The van der Waals surface area contributed by atoms with Crippen LogP contribution in [-0.4, -0.2) is 58.2 Å². The Balaban J connectivity index is 1.48. The fraction of sp³-hybridized carbons (Fsp3) is 0.519. The zero-order valence-electron chi connectivity index (χ0n) is 21.5. The summed E-state index contributed by atoms with van der Waals surface area (Å²) < 4.78 is 0. The van der Waals surface area contributed by atoms with Gasteiger partial charge in [-0.1, -0.05) is 26.0 Å². The van der Waals surface area contributed by atoms with Crippen LogP contribution in [0.25, 0.3) is 0 Å². The Morgan fingerprint density at radius 3 is 2.05 bits per heavy atom. The van der Waals surface area contributed by atoms with Crippen LogP contribution in [0, 0.1) is 17.8 Å². The topological polar surface area (TPSA) is 145 Å². The van der Waals surface area contributed by atoms with E-state index < -0.39 is 23.9 Å². The van der Waals surface area contributed by atoms with E-state index in [9.17, 15) is 24.0 Å². The number of rotatable bonds is 10. The average molecular weight is 513 g/mol. The number of hydrogen-bond acceptors (Lipinski definition) is 6. The number of benzene rings is 1. The lowest BCUT2D eigenvalue weighted by molar-refractivity contribution is -0.138. The minimum atomic E-state index is -0.830. The van der Waals surface area contributed by atoms with Gasteiger partial charge in [0, 0.05) is 30.3 Å². The van der Waals surface area contributed by atoms with Crippen molar-refractivity contribution >= 4 is 35.2 Å². The van der Waals surface area contributed by atoms with E-state index in [1.54, 1.807) is 31.2 Å². The molecule has 0 spiro atoms. The summed E-state index contributed by atoms with van der Waals surface area (Å²) in [6.45, 7) is 5.49. The first-order valence-corrected chi connectivity index (χ1v) is 12.7. The van der Waals surface area contributed by atoms with Gasteiger partial charge in [-0.25, -0.2) is 0 Å². The van der Waals surface area contributed by atoms with Gasteiger partial charge in [0.1, 0.15) is 12.1 Å². The van der Waals surface area contributed by atoms with E-state index in [2.05, 4.69) is 16.0 Å². The highest BCUT2D eigenvalue weighted by atomic mass is 16.3. The highest BCUT2D eigenvalue weighted by Gasteiger charge is 2.33. The van der Waals surface area contributed by atoms with Crippen LogP contribution in [0.1, 0.15) is 52.0 Å². The summed E-state index contributed by atoms with van der Waals surface area (Å²) in [5, 5.41) is 17.4. The molecular weight excluding hydrogens is 476 g/mol. The third-order valence-corrected chi connectivity index (χ3v) is 6.96. The van der Waals surface area contributed by atoms with E-state index in [-0.39, 0.29) is 42.1 Å². The van der Waals surface area contributed by atoms with Crippen LogP contribution < -0.4 is 16.0 Å². The summed E-state index contributed by atoms with van der Waals surface area (Å²) in [6.07, 6.45) is 5.20. The summed E-state index contributed by atoms with van der Waals surface area (Å²) in [7, 11) is 0. The Kier molecular flexibility index (Phi) is 9.57. The lowest BCUT2D eigenvalue weighted by atomic mass is 9.81. The number of imide groups is 1. The SMILES string of the molecule is CC(C)[C@H](NC(=O)C1CCC(CN2C(=O)C=CC2=O)CC1)C(=O)N[C@@H](C)C(=O)Nc1ccc(CO)cc1. The predicted molar refractivity (Wildman–Crippen MR) is 137 cm³/mol. The largest absolute Gasteiger partial charge is 0.392 e. The minimum Gasteiger partial charge on any atom is -0.392 e. The van der Waals surface area contributed by atoms with Crippen molar-refractivity contribution in [2.75, 3.05) is 11.9 Å². The van der Waals surface area contributed by atoms with Crippen LogP contribution in [0.3, 0.4) is 0 Å². The lowest BCUT2D eigenvalue weighted by Gasteiger charge is -2.31. The Labute approximate surface area is 216 Å². The summed E-state index contributed by atoms with van der Waals surface area (Å²) in [5.41, 5.74) is 1.26.